The molecule has 0 saturated heterocycles. The molecule has 3 aromatic carbocycles. The SMILES string of the molecule is CC(C)(C)c1ccc(N(c2ccc(C#N)cc2-c2ccc(C(=O)O)c3ncccc23)S(=O)[O-])cc1F.[H-].[H-].[Na+].[Na+]. The zero-order valence-electron chi connectivity index (χ0n) is 23.7. The molecule has 38 heavy (non-hydrogen) atoms. The third-order valence-electron chi connectivity index (χ3n) is 5.78. The van der Waals surface area contributed by atoms with E-state index in [4.69, 9.17) is 0 Å². The predicted molar refractivity (Wildman–Crippen MR) is 137 cm³/mol. The van der Waals surface area contributed by atoms with Crippen LogP contribution in [0.15, 0.2) is 66.9 Å². The van der Waals surface area contributed by atoms with Crippen molar-refractivity contribution in [2.24, 2.45) is 0 Å². The van der Waals surface area contributed by atoms with Gasteiger partial charge in [0.05, 0.1) is 45.4 Å². The van der Waals surface area contributed by atoms with Crippen molar-refractivity contribution < 1.29 is 85.0 Å². The van der Waals surface area contributed by atoms with Crippen molar-refractivity contribution in [3.05, 3.63) is 89.4 Å². The van der Waals surface area contributed by atoms with Gasteiger partial charge in [0, 0.05) is 17.1 Å². The maximum absolute atomic E-state index is 15.0. The van der Waals surface area contributed by atoms with Crippen LogP contribution in [0.3, 0.4) is 0 Å². The second-order valence-electron chi connectivity index (χ2n) is 9.13. The smallest absolute Gasteiger partial charge is 1.00 e. The van der Waals surface area contributed by atoms with Crippen LogP contribution in [-0.4, -0.2) is 24.8 Å². The van der Waals surface area contributed by atoms with Crippen LogP contribution in [0, 0.1) is 17.1 Å². The molecule has 0 aliphatic carbocycles. The summed E-state index contributed by atoms with van der Waals surface area (Å²) in [6, 6.07) is 16.9. The number of nitrogens with zero attached hydrogens (tertiary/aromatic N) is 3. The zero-order valence-corrected chi connectivity index (χ0v) is 26.5. The van der Waals surface area contributed by atoms with E-state index in [1.54, 1.807) is 24.3 Å². The van der Waals surface area contributed by atoms with Gasteiger partial charge < -0.3 is 12.5 Å². The van der Waals surface area contributed by atoms with E-state index in [-0.39, 0.29) is 90.0 Å². The Morgan fingerprint density at radius 2 is 1.82 bits per heavy atom. The van der Waals surface area contributed by atoms with E-state index >= 15 is 4.39 Å². The van der Waals surface area contributed by atoms with Crippen LogP contribution >= 0.6 is 0 Å². The Labute approximate surface area is 269 Å². The molecule has 1 heterocycles. The summed E-state index contributed by atoms with van der Waals surface area (Å²) < 4.78 is 40.9. The van der Waals surface area contributed by atoms with Crippen LogP contribution in [-0.2, 0) is 16.7 Å². The first-order chi connectivity index (χ1) is 17.0. The van der Waals surface area contributed by atoms with E-state index in [1.807, 2.05) is 26.8 Å². The summed E-state index contributed by atoms with van der Waals surface area (Å²) >= 11 is -2.86. The molecule has 186 valence electrons. The number of rotatable bonds is 5. The molecule has 7 nitrogen and oxygen atoms in total. The van der Waals surface area contributed by atoms with E-state index < -0.39 is 28.5 Å². The molecule has 11 heteroatoms. The van der Waals surface area contributed by atoms with Gasteiger partial charge in [0.2, 0.25) is 0 Å². The molecular formula is C27H23FN3Na2O4S-. The summed E-state index contributed by atoms with van der Waals surface area (Å²) in [5.41, 5.74) is 1.46. The molecule has 4 rings (SSSR count). The van der Waals surface area contributed by atoms with Crippen LogP contribution in [0.5, 0.6) is 0 Å². The number of anilines is 2. The van der Waals surface area contributed by atoms with Gasteiger partial charge in [-0.3, -0.25) is 13.5 Å². The average molecular weight is 551 g/mol. The molecule has 0 amide bonds. The van der Waals surface area contributed by atoms with E-state index in [1.165, 1.54) is 36.5 Å². The third-order valence-corrected chi connectivity index (χ3v) is 6.48. The van der Waals surface area contributed by atoms with Gasteiger partial charge in [0.15, 0.2) is 0 Å². The number of benzene rings is 3. The Bertz CT molecular complexity index is 1600. The van der Waals surface area contributed by atoms with E-state index in [9.17, 15) is 23.9 Å². The molecule has 0 spiro atoms. The maximum atomic E-state index is 15.0. The fourth-order valence-electron chi connectivity index (χ4n) is 4.12. The third kappa shape index (κ3) is 6.36. The number of carbonyl (C=O) groups is 1. The largest absolute Gasteiger partial charge is 1.00 e. The van der Waals surface area contributed by atoms with Gasteiger partial charge in [0.25, 0.3) is 0 Å². The van der Waals surface area contributed by atoms with E-state index in [0.29, 0.717) is 22.1 Å². The number of aromatic carboxylic acids is 1. The minimum atomic E-state index is -2.86. The summed E-state index contributed by atoms with van der Waals surface area (Å²) in [4.78, 5) is 15.9. The van der Waals surface area contributed by atoms with Crippen molar-refractivity contribution in [3.8, 4) is 17.2 Å². The van der Waals surface area contributed by atoms with E-state index in [0.717, 1.165) is 10.4 Å². The molecule has 0 aliphatic rings. The van der Waals surface area contributed by atoms with Gasteiger partial charge in [-0.1, -0.05) is 39.0 Å². The monoisotopic (exact) mass is 550 g/mol. The van der Waals surface area contributed by atoms with Gasteiger partial charge >= 0.3 is 65.1 Å². The second kappa shape index (κ2) is 12.8. The number of fused-ring (bicyclic) bond motifs is 1. The Kier molecular flexibility index (Phi) is 10.8. The predicted octanol–water partition coefficient (Wildman–Crippen LogP) is 0.0735. The molecule has 1 atom stereocenters. The number of nitriles is 1. The van der Waals surface area contributed by atoms with Gasteiger partial charge in [-0.15, -0.1) is 0 Å². The summed E-state index contributed by atoms with van der Waals surface area (Å²) in [5, 5.41) is 19.6. The Balaban J connectivity index is 0.00000380. The first-order valence-corrected chi connectivity index (χ1v) is 11.9. The molecule has 1 unspecified atom stereocenters. The number of carboxylic acids is 1. The van der Waals surface area contributed by atoms with Crippen molar-refractivity contribution in [2.45, 2.75) is 26.2 Å². The number of pyridine rings is 1. The quantitative estimate of drug-likeness (QED) is 0.278. The number of carboxylic acid groups (broad SMARTS) is 1. The number of aromatic nitrogens is 1. The minimum absolute atomic E-state index is 0. The van der Waals surface area contributed by atoms with Crippen LogP contribution in [0.25, 0.3) is 22.0 Å². The number of hydrogen-bond acceptors (Lipinski definition) is 5. The Morgan fingerprint density at radius 3 is 2.39 bits per heavy atom. The fourth-order valence-corrected chi connectivity index (χ4v) is 4.73. The first kappa shape index (κ1) is 32.1. The summed E-state index contributed by atoms with van der Waals surface area (Å²) in [6.45, 7) is 5.56. The van der Waals surface area contributed by atoms with Crippen LogP contribution in [0.1, 0.15) is 45.1 Å². The van der Waals surface area contributed by atoms with Crippen molar-refractivity contribution >= 4 is 39.5 Å². The van der Waals surface area contributed by atoms with Gasteiger partial charge in [0.1, 0.15) is 5.82 Å². The molecule has 0 radical (unpaired) electrons. The standard InChI is InChI=1S/C27H22FN3O4S.2Na.2H/c1-27(2,3)22-10-7-17(14-23(22)28)31(36(34)35)24-11-6-16(15-29)13-21(24)18-8-9-20(26(32)33)25-19(18)5-4-12-30-25;;;;/h4-14H,1-3H3,(H,32,33)(H,34,35);;;;/q;2*+1;2*-1/p-1. The van der Waals surface area contributed by atoms with Gasteiger partial charge in [-0.2, -0.15) is 5.26 Å². The molecule has 4 aromatic rings. The van der Waals surface area contributed by atoms with Crippen molar-refractivity contribution in [3.63, 3.8) is 0 Å². The normalized spacial score (nSPS) is 11.6. The number of hydrogen-bond donors (Lipinski definition) is 1. The fraction of sp³-hybridized carbons (Fsp3) is 0.148. The molecule has 0 saturated carbocycles. The van der Waals surface area contributed by atoms with Crippen molar-refractivity contribution in [1.82, 2.24) is 4.98 Å². The number of halogens is 1. The minimum Gasteiger partial charge on any atom is -1.00 e. The molecule has 0 fully saturated rings. The molecular weight excluding hydrogens is 527 g/mol. The van der Waals surface area contributed by atoms with Crippen LogP contribution < -0.4 is 63.4 Å². The van der Waals surface area contributed by atoms with Gasteiger partial charge in [-0.25, -0.2) is 9.18 Å². The first-order valence-electron chi connectivity index (χ1n) is 10.9. The molecule has 0 aliphatic heterocycles. The van der Waals surface area contributed by atoms with Gasteiger partial charge in [-0.05, 0) is 59.0 Å². The average Bonchev–Trinajstić information content (AvgIpc) is 2.82. The van der Waals surface area contributed by atoms with Crippen LogP contribution in [0.2, 0.25) is 0 Å². The van der Waals surface area contributed by atoms with Crippen molar-refractivity contribution in [2.75, 3.05) is 4.31 Å². The van der Waals surface area contributed by atoms with Crippen LogP contribution in [0.4, 0.5) is 15.8 Å². The Morgan fingerprint density at radius 1 is 1.11 bits per heavy atom. The topological polar surface area (TPSA) is 117 Å². The summed E-state index contributed by atoms with van der Waals surface area (Å²) in [7, 11) is 0. The molecule has 0 bridgehead atoms. The summed E-state index contributed by atoms with van der Waals surface area (Å²) in [6.07, 6.45) is 1.46. The van der Waals surface area contributed by atoms with Crippen molar-refractivity contribution in [1.29, 1.82) is 5.26 Å². The summed E-state index contributed by atoms with van der Waals surface area (Å²) in [5.74, 6) is -1.71. The second-order valence-corrected chi connectivity index (χ2v) is 9.93. The van der Waals surface area contributed by atoms with E-state index in [2.05, 4.69) is 4.98 Å². The molecule has 1 N–H and O–H groups in total. The zero-order chi connectivity index (χ0) is 26.2. The Hall–Kier alpha value is -2.13. The maximum Gasteiger partial charge on any atom is 1.00 e. The molecule has 1 aromatic heterocycles.